The van der Waals surface area contributed by atoms with Gasteiger partial charge in [0.25, 0.3) is 5.91 Å². The van der Waals surface area contributed by atoms with Gasteiger partial charge in [-0.3, -0.25) is 4.79 Å². The number of amides is 1. The van der Waals surface area contributed by atoms with Gasteiger partial charge in [0.05, 0.1) is 17.1 Å². The summed E-state index contributed by atoms with van der Waals surface area (Å²) in [6, 6.07) is 10.9. The smallest absolute Gasteiger partial charge is 0.253 e. The van der Waals surface area contributed by atoms with E-state index in [1.54, 1.807) is 42.2 Å². The minimum absolute atomic E-state index is 0.0403. The average Bonchev–Trinajstić information content (AvgIpc) is 3.22. The number of aromatic amines is 1. The quantitative estimate of drug-likeness (QED) is 0.380. The van der Waals surface area contributed by atoms with E-state index < -0.39 is 11.9 Å². The van der Waals surface area contributed by atoms with Crippen LogP contribution in [0.3, 0.4) is 0 Å². The Balaban J connectivity index is 1.47. The van der Waals surface area contributed by atoms with Crippen LogP contribution in [0, 0.1) is 5.82 Å². The Kier molecular flexibility index (Phi) is 6.27. The summed E-state index contributed by atoms with van der Waals surface area (Å²) in [7, 11) is 0. The summed E-state index contributed by atoms with van der Waals surface area (Å²) in [4.78, 5) is 25.9. The first-order chi connectivity index (χ1) is 16.9. The average molecular weight is 497 g/mol. The lowest BCUT2D eigenvalue weighted by Gasteiger charge is -2.30. The monoisotopic (exact) mass is 496 g/mol. The Hall–Kier alpha value is -3.69. The van der Waals surface area contributed by atoms with Gasteiger partial charge in [0.15, 0.2) is 17.2 Å². The van der Waals surface area contributed by atoms with Crippen LogP contribution in [0.4, 0.5) is 4.39 Å². The maximum atomic E-state index is 14.8. The minimum Gasteiger partial charge on any atom is -0.488 e. The third-order valence-electron chi connectivity index (χ3n) is 5.60. The summed E-state index contributed by atoms with van der Waals surface area (Å²) in [5.74, 6) is 0.274. The molecule has 2 N–H and O–H groups in total. The summed E-state index contributed by atoms with van der Waals surface area (Å²) in [5, 5.41) is 9.87. The fourth-order valence-corrected chi connectivity index (χ4v) is 3.82. The van der Waals surface area contributed by atoms with E-state index in [9.17, 15) is 14.3 Å². The van der Waals surface area contributed by atoms with E-state index in [-0.39, 0.29) is 29.6 Å². The van der Waals surface area contributed by atoms with E-state index in [1.165, 1.54) is 18.3 Å². The van der Waals surface area contributed by atoms with Crippen LogP contribution in [-0.2, 0) is 0 Å². The molecule has 8 nitrogen and oxygen atoms in total. The van der Waals surface area contributed by atoms with E-state index >= 15 is 0 Å². The molecule has 1 fully saturated rings. The molecule has 1 amide bonds. The number of H-pyrrole nitrogens is 1. The van der Waals surface area contributed by atoms with Gasteiger partial charge in [-0.15, -0.1) is 0 Å². The first-order valence-electron chi connectivity index (χ1n) is 11.1. The molecule has 1 aliphatic rings. The zero-order chi connectivity index (χ0) is 24.5. The standard InChI is InChI=1S/C25H22ClFN4O4/c1-14(13-32)34-18-7-16(23-29-21-10-17(26)12-28-24(21)30-23)8-19(11-18)35-22-4-3-15(9-20(22)27)25(33)31-5-2-6-31/h3-4,7-12,14,32H,2,5-6,13H2,1H3,(H,28,29,30)/t14-/m0/s1. The number of carbonyl (C=O) groups excluding carboxylic acids is 1. The number of imidazole rings is 1. The van der Waals surface area contributed by atoms with E-state index in [4.69, 9.17) is 21.1 Å². The van der Waals surface area contributed by atoms with Crippen molar-refractivity contribution in [2.75, 3.05) is 19.7 Å². The lowest BCUT2D eigenvalue weighted by atomic mass is 10.1. The number of aliphatic hydroxyl groups is 1. The molecule has 2 aromatic carbocycles. The summed E-state index contributed by atoms with van der Waals surface area (Å²) in [6.45, 7) is 2.90. The largest absolute Gasteiger partial charge is 0.488 e. The second-order valence-electron chi connectivity index (χ2n) is 8.31. The van der Waals surface area contributed by atoms with Crippen molar-refractivity contribution >= 4 is 28.7 Å². The number of nitrogens with zero attached hydrogens (tertiary/aromatic N) is 3. The molecule has 0 bridgehead atoms. The number of ether oxygens (including phenoxy) is 2. The third-order valence-corrected chi connectivity index (χ3v) is 5.81. The number of halogens is 2. The predicted octanol–water partition coefficient (Wildman–Crippen LogP) is 4.82. The highest BCUT2D eigenvalue weighted by Crippen LogP contribution is 2.34. The van der Waals surface area contributed by atoms with Crippen molar-refractivity contribution in [3.05, 3.63) is 65.1 Å². The molecule has 0 radical (unpaired) electrons. The molecule has 0 aliphatic carbocycles. The zero-order valence-corrected chi connectivity index (χ0v) is 19.6. The van der Waals surface area contributed by atoms with Crippen molar-refractivity contribution in [2.24, 2.45) is 0 Å². The van der Waals surface area contributed by atoms with E-state index in [0.717, 1.165) is 6.42 Å². The lowest BCUT2D eigenvalue weighted by Crippen LogP contribution is -2.42. The second-order valence-corrected chi connectivity index (χ2v) is 8.74. The number of aliphatic hydroxyl groups excluding tert-OH is 1. The molecule has 180 valence electrons. The molecular weight excluding hydrogens is 475 g/mol. The number of fused-ring (bicyclic) bond motifs is 1. The van der Waals surface area contributed by atoms with Gasteiger partial charge in [0, 0.05) is 36.5 Å². The van der Waals surface area contributed by atoms with Crippen LogP contribution in [0.1, 0.15) is 23.7 Å². The number of pyridine rings is 1. The van der Waals surface area contributed by atoms with Crippen LogP contribution >= 0.6 is 11.6 Å². The first kappa shape index (κ1) is 23.1. The maximum absolute atomic E-state index is 14.8. The van der Waals surface area contributed by atoms with Gasteiger partial charge in [0.1, 0.15) is 23.4 Å². The second kappa shape index (κ2) is 9.52. The molecule has 0 saturated carbocycles. The highest BCUT2D eigenvalue weighted by Gasteiger charge is 2.23. The summed E-state index contributed by atoms with van der Waals surface area (Å²) < 4.78 is 26.5. The number of nitrogens with one attached hydrogen (secondary N) is 1. The van der Waals surface area contributed by atoms with Crippen LogP contribution in [0.5, 0.6) is 17.2 Å². The van der Waals surface area contributed by atoms with Crippen LogP contribution in [0.25, 0.3) is 22.6 Å². The molecule has 35 heavy (non-hydrogen) atoms. The molecule has 0 spiro atoms. The van der Waals surface area contributed by atoms with Crippen molar-refractivity contribution in [3.8, 4) is 28.6 Å². The van der Waals surface area contributed by atoms with E-state index in [1.807, 2.05) is 0 Å². The van der Waals surface area contributed by atoms with Gasteiger partial charge in [-0.25, -0.2) is 14.4 Å². The first-order valence-corrected chi connectivity index (χ1v) is 11.5. The van der Waals surface area contributed by atoms with Gasteiger partial charge in [0.2, 0.25) is 0 Å². The van der Waals surface area contributed by atoms with Gasteiger partial charge >= 0.3 is 0 Å². The normalized spacial score (nSPS) is 14.0. The molecular formula is C25H22ClFN4O4. The number of hydrogen-bond acceptors (Lipinski definition) is 6. The van der Waals surface area contributed by atoms with Crippen molar-refractivity contribution in [2.45, 2.75) is 19.4 Å². The molecule has 1 saturated heterocycles. The fourth-order valence-electron chi connectivity index (χ4n) is 3.66. The number of rotatable bonds is 7. The van der Waals surface area contributed by atoms with Crippen molar-refractivity contribution in [3.63, 3.8) is 0 Å². The van der Waals surface area contributed by atoms with Gasteiger partial charge < -0.3 is 24.5 Å². The van der Waals surface area contributed by atoms with Crippen molar-refractivity contribution in [1.29, 1.82) is 0 Å². The number of benzene rings is 2. The SMILES string of the molecule is C[C@@H](CO)Oc1cc(Oc2ccc(C(=O)N3CCC3)cc2F)cc(-c2nc3ncc(Cl)cc3[nH]2)c1. The molecule has 2 aromatic heterocycles. The number of hydrogen-bond donors (Lipinski definition) is 2. The van der Waals surface area contributed by atoms with Crippen LogP contribution in [0.2, 0.25) is 5.02 Å². The summed E-state index contributed by atoms with van der Waals surface area (Å²) in [5.41, 5.74) is 2.01. The van der Waals surface area contributed by atoms with Crippen molar-refractivity contribution < 1.29 is 23.8 Å². The number of likely N-dealkylation sites (tertiary alicyclic amines) is 1. The topological polar surface area (TPSA) is 101 Å². The third kappa shape index (κ3) is 4.91. The Morgan fingerprint density at radius 3 is 2.74 bits per heavy atom. The maximum Gasteiger partial charge on any atom is 0.253 e. The number of carbonyl (C=O) groups is 1. The lowest BCUT2D eigenvalue weighted by molar-refractivity contribution is 0.0651. The highest BCUT2D eigenvalue weighted by molar-refractivity contribution is 6.31. The summed E-state index contributed by atoms with van der Waals surface area (Å²) in [6.07, 6.45) is 1.99. The molecule has 5 rings (SSSR count). The van der Waals surface area contributed by atoms with Crippen molar-refractivity contribution in [1.82, 2.24) is 19.9 Å². The number of aromatic nitrogens is 3. The molecule has 1 atom stereocenters. The van der Waals surface area contributed by atoms with Crippen LogP contribution in [0.15, 0.2) is 48.7 Å². The van der Waals surface area contributed by atoms with Gasteiger partial charge in [-0.05, 0) is 49.7 Å². The minimum atomic E-state index is -0.657. The fraction of sp³-hybridized carbons (Fsp3) is 0.240. The van der Waals surface area contributed by atoms with Gasteiger partial charge in [-0.2, -0.15) is 0 Å². The van der Waals surface area contributed by atoms with E-state index in [0.29, 0.717) is 46.4 Å². The molecule has 4 aromatic rings. The zero-order valence-electron chi connectivity index (χ0n) is 18.8. The Morgan fingerprint density at radius 2 is 2.03 bits per heavy atom. The predicted molar refractivity (Wildman–Crippen MR) is 129 cm³/mol. The highest BCUT2D eigenvalue weighted by atomic mass is 35.5. The molecule has 3 heterocycles. The Morgan fingerprint density at radius 1 is 1.23 bits per heavy atom. The molecule has 1 aliphatic heterocycles. The van der Waals surface area contributed by atoms with E-state index in [2.05, 4.69) is 15.0 Å². The summed E-state index contributed by atoms with van der Waals surface area (Å²) >= 11 is 6.03. The van der Waals surface area contributed by atoms with Crippen LogP contribution in [-0.4, -0.2) is 56.7 Å². The Bertz CT molecular complexity index is 1410. The Labute approximate surface area is 205 Å². The molecule has 10 heteroatoms. The van der Waals surface area contributed by atoms with Crippen LogP contribution < -0.4 is 9.47 Å². The van der Waals surface area contributed by atoms with Gasteiger partial charge in [-0.1, -0.05) is 11.6 Å². The molecule has 0 unspecified atom stereocenters.